The molecule has 3 N–H and O–H groups in total. The van der Waals surface area contributed by atoms with E-state index in [0.717, 1.165) is 6.07 Å². The summed E-state index contributed by atoms with van der Waals surface area (Å²) in [6.07, 6.45) is 0.722. The summed E-state index contributed by atoms with van der Waals surface area (Å²) < 4.78 is 50.2. The number of hydrogen-bond donors (Lipinski definition) is 2. The molecule has 0 unspecified atom stereocenters. The molecule has 0 saturated heterocycles. The second-order valence-corrected chi connectivity index (χ2v) is 8.33. The number of alkyl halides is 2. The lowest BCUT2D eigenvalue weighted by Crippen LogP contribution is -2.57. The van der Waals surface area contributed by atoms with Crippen molar-refractivity contribution in [1.29, 1.82) is 0 Å². The SMILES string of the molecule is C[C@]1(c2cc(NC(=O)c3ccc(Cl)cn3)ccc2F)N=C(N)O[C@@H]2CCCC(F)(F)[C@@H]21. The maximum Gasteiger partial charge on any atom is 0.283 e. The van der Waals surface area contributed by atoms with Crippen LogP contribution in [0.5, 0.6) is 0 Å². The Morgan fingerprint density at radius 2 is 2.10 bits per heavy atom. The van der Waals surface area contributed by atoms with Crippen molar-refractivity contribution in [3.05, 3.63) is 58.6 Å². The van der Waals surface area contributed by atoms with Crippen LogP contribution in [0.2, 0.25) is 5.02 Å². The molecule has 0 spiro atoms. The first kappa shape index (κ1) is 21.4. The molecular formula is C21H20ClF3N4O2. The number of benzene rings is 1. The number of hydrogen-bond acceptors (Lipinski definition) is 5. The number of anilines is 1. The third kappa shape index (κ3) is 3.94. The fraction of sp³-hybridized carbons (Fsp3) is 0.381. The lowest BCUT2D eigenvalue weighted by atomic mass is 9.68. The quantitative estimate of drug-likeness (QED) is 0.718. The second kappa shape index (κ2) is 7.71. The summed E-state index contributed by atoms with van der Waals surface area (Å²) in [5.41, 5.74) is 4.29. The first-order valence-corrected chi connectivity index (χ1v) is 10.1. The minimum atomic E-state index is -3.12. The Labute approximate surface area is 181 Å². The molecular weight excluding hydrogens is 433 g/mol. The molecule has 4 rings (SSSR count). The predicted octanol–water partition coefficient (Wildman–Crippen LogP) is 4.49. The largest absolute Gasteiger partial charge is 0.461 e. The van der Waals surface area contributed by atoms with Crippen LogP contribution in [-0.2, 0) is 10.3 Å². The molecule has 1 saturated carbocycles. The van der Waals surface area contributed by atoms with Crippen LogP contribution >= 0.6 is 11.6 Å². The molecule has 1 aliphatic heterocycles. The highest BCUT2D eigenvalue weighted by Crippen LogP contribution is 2.53. The first-order chi connectivity index (χ1) is 14.6. The fourth-order valence-electron chi connectivity index (χ4n) is 4.44. The van der Waals surface area contributed by atoms with E-state index in [9.17, 15) is 18.0 Å². The van der Waals surface area contributed by atoms with Crippen LogP contribution in [0.25, 0.3) is 0 Å². The number of amides is 1. The molecule has 6 nitrogen and oxygen atoms in total. The summed E-state index contributed by atoms with van der Waals surface area (Å²) in [4.78, 5) is 20.5. The minimum absolute atomic E-state index is 0.0914. The Balaban J connectivity index is 1.72. The molecule has 1 amide bonds. The molecule has 2 heterocycles. The number of nitrogens with two attached hydrogens (primary N) is 1. The number of nitrogens with zero attached hydrogens (tertiary/aromatic N) is 2. The third-order valence-electron chi connectivity index (χ3n) is 5.78. The van der Waals surface area contributed by atoms with Crippen molar-refractivity contribution in [2.45, 2.75) is 43.8 Å². The van der Waals surface area contributed by atoms with Crippen LogP contribution < -0.4 is 11.1 Å². The van der Waals surface area contributed by atoms with E-state index in [4.69, 9.17) is 22.1 Å². The third-order valence-corrected chi connectivity index (χ3v) is 6.00. The number of rotatable bonds is 3. The maximum atomic E-state index is 14.9. The lowest BCUT2D eigenvalue weighted by molar-refractivity contribution is -0.163. The highest BCUT2D eigenvalue weighted by Gasteiger charge is 2.60. The van der Waals surface area contributed by atoms with Gasteiger partial charge in [-0.15, -0.1) is 0 Å². The number of halogens is 4. The van der Waals surface area contributed by atoms with Crippen LogP contribution in [0.1, 0.15) is 42.2 Å². The van der Waals surface area contributed by atoms with E-state index in [1.807, 2.05) is 0 Å². The summed E-state index contributed by atoms with van der Waals surface area (Å²) in [6, 6.07) is 6.40. The van der Waals surface area contributed by atoms with E-state index in [2.05, 4.69) is 15.3 Å². The number of fused-ring (bicyclic) bond motifs is 1. The van der Waals surface area contributed by atoms with Gasteiger partial charge in [0.25, 0.3) is 17.9 Å². The Bertz CT molecular complexity index is 1050. The number of amidine groups is 1. The summed E-state index contributed by atoms with van der Waals surface area (Å²) in [5, 5.41) is 2.96. The normalized spacial score (nSPS) is 26.9. The fourth-order valence-corrected chi connectivity index (χ4v) is 4.55. The van der Waals surface area contributed by atoms with E-state index < -0.39 is 35.2 Å². The van der Waals surface area contributed by atoms with Gasteiger partial charge in [-0.1, -0.05) is 11.6 Å². The highest BCUT2D eigenvalue weighted by molar-refractivity contribution is 6.30. The van der Waals surface area contributed by atoms with Crippen LogP contribution in [0.4, 0.5) is 18.9 Å². The molecule has 31 heavy (non-hydrogen) atoms. The minimum Gasteiger partial charge on any atom is -0.461 e. The van der Waals surface area contributed by atoms with Gasteiger partial charge in [0.15, 0.2) is 0 Å². The zero-order valence-electron chi connectivity index (χ0n) is 16.5. The average Bonchev–Trinajstić information content (AvgIpc) is 2.68. The van der Waals surface area contributed by atoms with Crippen molar-refractivity contribution in [3.63, 3.8) is 0 Å². The molecule has 3 atom stereocenters. The molecule has 1 fully saturated rings. The van der Waals surface area contributed by atoms with Crippen LogP contribution in [0.3, 0.4) is 0 Å². The van der Waals surface area contributed by atoms with Crippen LogP contribution in [-0.4, -0.2) is 28.9 Å². The monoisotopic (exact) mass is 452 g/mol. The molecule has 2 aromatic rings. The summed E-state index contributed by atoms with van der Waals surface area (Å²) in [7, 11) is 0. The van der Waals surface area contributed by atoms with Gasteiger partial charge in [-0.3, -0.25) is 4.79 Å². The van der Waals surface area contributed by atoms with Gasteiger partial charge >= 0.3 is 0 Å². The molecule has 2 aliphatic rings. The first-order valence-electron chi connectivity index (χ1n) is 9.73. The Kier molecular flexibility index (Phi) is 5.33. The average molecular weight is 453 g/mol. The number of carbonyl (C=O) groups excluding carboxylic acids is 1. The summed E-state index contributed by atoms with van der Waals surface area (Å²) in [5.74, 6) is -5.82. The second-order valence-electron chi connectivity index (χ2n) is 7.90. The number of aliphatic imine (C=N–C) groups is 1. The number of carbonyl (C=O) groups is 1. The van der Waals surface area contributed by atoms with Gasteiger partial charge in [0.1, 0.15) is 23.2 Å². The van der Waals surface area contributed by atoms with Crippen molar-refractivity contribution in [2.24, 2.45) is 16.6 Å². The number of nitrogens with one attached hydrogen (secondary N) is 1. The Morgan fingerprint density at radius 1 is 1.32 bits per heavy atom. The van der Waals surface area contributed by atoms with Crippen molar-refractivity contribution in [2.75, 3.05) is 5.32 Å². The van der Waals surface area contributed by atoms with E-state index in [1.165, 1.54) is 37.4 Å². The van der Waals surface area contributed by atoms with Crippen LogP contribution in [0, 0.1) is 11.7 Å². The van der Waals surface area contributed by atoms with E-state index >= 15 is 0 Å². The number of pyridine rings is 1. The summed E-state index contributed by atoms with van der Waals surface area (Å²) >= 11 is 5.78. The van der Waals surface area contributed by atoms with Gasteiger partial charge in [0.2, 0.25) is 0 Å². The number of ether oxygens (including phenoxy) is 1. The lowest BCUT2D eigenvalue weighted by Gasteiger charge is -2.48. The number of aromatic nitrogens is 1. The molecule has 164 valence electrons. The standard InChI is InChI=1S/C21H20ClF3N4O2/c1-20(17-16(31-19(26)29-20)3-2-8-21(17,24)25)13-9-12(5-6-14(13)23)28-18(30)15-7-4-11(22)10-27-15/h4-7,9-10,16-17H,2-3,8H2,1H3,(H2,26,29)(H,28,30)/t16-,17+,20-/m1/s1. The zero-order chi connectivity index (χ0) is 22.4. The topological polar surface area (TPSA) is 89.6 Å². The van der Waals surface area contributed by atoms with Gasteiger partial charge in [-0.05, 0) is 50.1 Å². The maximum absolute atomic E-state index is 14.9. The molecule has 0 radical (unpaired) electrons. The van der Waals surface area contributed by atoms with Crippen molar-refractivity contribution < 1.29 is 22.7 Å². The Morgan fingerprint density at radius 3 is 2.81 bits per heavy atom. The van der Waals surface area contributed by atoms with Gasteiger partial charge in [0, 0.05) is 23.9 Å². The van der Waals surface area contributed by atoms with Gasteiger partial charge in [-0.25, -0.2) is 23.1 Å². The molecule has 1 aromatic carbocycles. The zero-order valence-corrected chi connectivity index (χ0v) is 17.3. The van der Waals surface area contributed by atoms with Crippen molar-refractivity contribution in [1.82, 2.24) is 4.98 Å². The van der Waals surface area contributed by atoms with E-state index in [0.29, 0.717) is 11.4 Å². The van der Waals surface area contributed by atoms with E-state index in [-0.39, 0.29) is 35.8 Å². The van der Waals surface area contributed by atoms with Crippen molar-refractivity contribution >= 4 is 29.2 Å². The van der Waals surface area contributed by atoms with E-state index in [1.54, 1.807) is 0 Å². The molecule has 0 bridgehead atoms. The molecule has 1 aliphatic carbocycles. The van der Waals surface area contributed by atoms with Gasteiger partial charge in [-0.2, -0.15) is 0 Å². The molecule has 1 aromatic heterocycles. The Hall–Kier alpha value is -2.81. The van der Waals surface area contributed by atoms with Crippen molar-refractivity contribution in [3.8, 4) is 0 Å². The van der Waals surface area contributed by atoms with Gasteiger partial charge < -0.3 is 15.8 Å². The van der Waals surface area contributed by atoms with Gasteiger partial charge in [0.05, 0.1) is 10.9 Å². The predicted molar refractivity (Wildman–Crippen MR) is 110 cm³/mol. The molecule has 10 heteroatoms. The van der Waals surface area contributed by atoms with Crippen LogP contribution in [0.15, 0.2) is 41.5 Å². The summed E-state index contributed by atoms with van der Waals surface area (Å²) in [6.45, 7) is 1.42. The highest BCUT2D eigenvalue weighted by atomic mass is 35.5. The smallest absolute Gasteiger partial charge is 0.283 e.